The molecule has 20 heavy (non-hydrogen) atoms. The summed E-state index contributed by atoms with van der Waals surface area (Å²) < 4.78 is 12.3. The van der Waals surface area contributed by atoms with Crippen LogP contribution in [0.4, 0.5) is 11.5 Å². The molecule has 0 amide bonds. The van der Waals surface area contributed by atoms with Gasteiger partial charge in [-0.25, -0.2) is 4.68 Å². The van der Waals surface area contributed by atoms with E-state index in [1.165, 1.54) is 0 Å². The van der Waals surface area contributed by atoms with Crippen LogP contribution in [0.3, 0.4) is 0 Å². The van der Waals surface area contributed by atoms with Gasteiger partial charge in [-0.2, -0.15) is 5.10 Å². The van der Waals surface area contributed by atoms with Gasteiger partial charge < -0.3 is 14.4 Å². The lowest BCUT2D eigenvalue weighted by Gasteiger charge is -2.33. The number of morpholine rings is 1. The first-order valence-electron chi connectivity index (χ1n) is 6.64. The summed E-state index contributed by atoms with van der Waals surface area (Å²) in [6.07, 6.45) is 0.462. The summed E-state index contributed by atoms with van der Waals surface area (Å²) in [5.74, 6) is 0.552. The first kappa shape index (κ1) is 14.7. The highest BCUT2D eigenvalue weighted by atomic mass is 16.6. The van der Waals surface area contributed by atoms with Crippen LogP contribution >= 0.6 is 0 Å². The van der Waals surface area contributed by atoms with Gasteiger partial charge in [0.25, 0.3) is 0 Å². The highest BCUT2D eigenvalue weighted by Gasteiger charge is 2.32. The van der Waals surface area contributed by atoms with Gasteiger partial charge in [-0.3, -0.25) is 10.1 Å². The number of hydrogen-bond donors (Lipinski definition) is 0. The molecule has 1 saturated heterocycles. The highest BCUT2D eigenvalue weighted by Crippen LogP contribution is 2.32. The van der Waals surface area contributed by atoms with Gasteiger partial charge in [0.05, 0.1) is 24.2 Å². The van der Waals surface area contributed by atoms with E-state index in [0.717, 1.165) is 0 Å². The number of nitrogens with zero attached hydrogens (tertiary/aromatic N) is 4. The van der Waals surface area contributed by atoms with E-state index in [0.29, 0.717) is 44.2 Å². The van der Waals surface area contributed by atoms with E-state index in [9.17, 15) is 10.1 Å². The number of ether oxygens (including phenoxy) is 2. The van der Waals surface area contributed by atoms with Crippen LogP contribution < -0.4 is 4.90 Å². The maximum Gasteiger partial charge on any atom is 0.334 e. The third-order valence-electron chi connectivity index (χ3n) is 3.37. The zero-order chi connectivity index (χ0) is 14.7. The van der Waals surface area contributed by atoms with Crippen LogP contribution in [0, 0.1) is 10.1 Å². The molecule has 112 valence electrons. The van der Waals surface area contributed by atoms with Crippen molar-refractivity contribution in [2.24, 2.45) is 7.05 Å². The molecule has 1 fully saturated rings. The summed E-state index contributed by atoms with van der Waals surface area (Å²) in [5.41, 5.74) is 0.621. The van der Waals surface area contributed by atoms with Gasteiger partial charge in [0.15, 0.2) is 0 Å². The van der Waals surface area contributed by atoms with Crippen molar-refractivity contribution in [3.05, 3.63) is 15.8 Å². The smallest absolute Gasteiger partial charge is 0.334 e. The minimum absolute atomic E-state index is 0.0756. The van der Waals surface area contributed by atoms with Gasteiger partial charge >= 0.3 is 5.69 Å². The van der Waals surface area contributed by atoms with Crippen molar-refractivity contribution in [1.82, 2.24) is 9.78 Å². The quantitative estimate of drug-likeness (QED) is 0.586. The Hall–Kier alpha value is -1.67. The summed E-state index contributed by atoms with van der Waals surface area (Å²) in [7, 11) is 3.35. The molecule has 1 atom stereocenters. The molecule has 0 radical (unpaired) electrons. The largest absolute Gasteiger partial charge is 0.382 e. The Kier molecular flexibility index (Phi) is 4.56. The fourth-order valence-electron chi connectivity index (χ4n) is 2.54. The summed E-state index contributed by atoms with van der Waals surface area (Å²) in [6.45, 7) is 4.05. The molecule has 0 aliphatic carbocycles. The fourth-order valence-corrected chi connectivity index (χ4v) is 2.54. The minimum atomic E-state index is -0.345. The molecule has 1 aromatic rings. The second kappa shape index (κ2) is 6.19. The molecule has 0 N–H and O–H groups in total. The number of aromatic nitrogens is 2. The lowest BCUT2D eigenvalue weighted by Crippen LogP contribution is -2.45. The molecule has 1 unspecified atom stereocenters. The molecular formula is C12H20N4O4. The SMILES string of the molecule is CCc1nn(C)c(N2CCOC(COC)C2)c1[N+](=O)[O-]. The Balaban J connectivity index is 2.31. The first-order chi connectivity index (χ1) is 9.58. The average Bonchev–Trinajstić information content (AvgIpc) is 2.76. The molecule has 8 heteroatoms. The van der Waals surface area contributed by atoms with Crippen LogP contribution in [0.15, 0.2) is 0 Å². The number of aryl methyl sites for hydroxylation is 2. The van der Waals surface area contributed by atoms with Crippen LogP contribution in [0.1, 0.15) is 12.6 Å². The standard InChI is InChI=1S/C12H20N4O4/c1-4-10-11(16(17)18)12(14(2)13-10)15-5-6-20-9(7-15)8-19-3/h9H,4-8H2,1-3H3. The van der Waals surface area contributed by atoms with Crippen molar-refractivity contribution in [3.8, 4) is 0 Å². The van der Waals surface area contributed by atoms with Gasteiger partial charge in [0.2, 0.25) is 5.82 Å². The number of anilines is 1. The molecule has 0 bridgehead atoms. The van der Waals surface area contributed by atoms with Crippen molar-refractivity contribution in [2.75, 3.05) is 38.3 Å². The lowest BCUT2D eigenvalue weighted by molar-refractivity contribution is -0.384. The fraction of sp³-hybridized carbons (Fsp3) is 0.750. The van der Waals surface area contributed by atoms with Crippen molar-refractivity contribution >= 4 is 11.5 Å². The maximum atomic E-state index is 11.3. The Morgan fingerprint density at radius 2 is 2.35 bits per heavy atom. The van der Waals surface area contributed by atoms with Crippen LogP contribution in [-0.4, -0.2) is 54.2 Å². The molecule has 2 heterocycles. The van der Waals surface area contributed by atoms with Crippen LogP contribution in [0.2, 0.25) is 0 Å². The highest BCUT2D eigenvalue weighted by molar-refractivity contribution is 5.61. The van der Waals surface area contributed by atoms with Crippen molar-refractivity contribution in [1.29, 1.82) is 0 Å². The van der Waals surface area contributed by atoms with Gasteiger partial charge in [-0.15, -0.1) is 0 Å². The van der Waals surface area contributed by atoms with Gasteiger partial charge in [0.1, 0.15) is 5.69 Å². The third kappa shape index (κ3) is 2.75. The van der Waals surface area contributed by atoms with E-state index in [4.69, 9.17) is 9.47 Å². The third-order valence-corrected chi connectivity index (χ3v) is 3.37. The lowest BCUT2D eigenvalue weighted by atomic mass is 10.2. The Bertz CT molecular complexity index is 486. The second-order valence-corrected chi connectivity index (χ2v) is 4.75. The maximum absolute atomic E-state index is 11.3. The number of nitro groups is 1. The number of rotatable bonds is 5. The van der Waals surface area contributed by atoms with E-state index < -0.39 is 0 Å². The molecule has 0 spiro atoms. The minimum Gasteiger partial charge on any atom is -0.382 e. The summed E-state index contributed by atoms with van der Waals surface area (Å²) in [6, 6.07) is 0. The van der Waals surface area contributed by atoms with Crippen molar-refractivity contribution < 1.29 is 14.4 Å². The average molecular weight is 284 g/mol. The van der Waals surface area contributed by atoms with Gasteiger partial charge in [0, 0.05) is 27.2 Å². The van der Waals surface area contributed by atoms with Crippen molar-refractivity contribution in [2.45, 2.75) is 19.4 Å². The normalized spacial score (nSPS) is 19.4. The topological polar surface area (TPSA) is 82.7 Å². The zero-order valence-corrected chi connectivity index (χ0v) is 12.0. The van der Waals surface area contributed by atoms with Crippen LogP contribution in [0.5, 0.6) is 0 Å². The van der Waals surface area contributed by atoms with Crippen LogP contribution in [-0.2, 0) is 22.9 Å². The first-order valence-corrected chi connectivity index (χ1v) is 6.64. The Morgan fingerprint density at radius 3 is 2.95 bits per heavy atom. The van der Waals surface area contributed by atoms with E-state index >= 15 is 0 Å². The van der Waals surface area contributed by atoms with E-state index in [1.807, 2.05) is 11.8 Å². The Morgan fingerprint density at radius 1 is 1.60 bits per heavy atom. The van der Waals surface area contributed by atoms with Gasteiger partial charge in [-0.1, -0.05) is 6.92 Å². The Labute approximate surface area is 117 Å². The number of methoxy groups -OCH3 is 1. The monoisotopic (exact) mass is 284 g/mol. The molecule has 1 aromatic heterocycles. The summed E-state index contributed by atoms with van der Waals surface area (Å²) >= 11 is 0. The van der Waals surface area contributed by atoms with E-state index in [1.54, 1.807) is 18.8 Å². The molecule has 1 aliphatic rings. The zero-order valence-electron chi connectivity index (χ0n) is 12.0. The molecule has 8 nitrogen and oxygen atoms in total. The van der Waals surface area contributed by atoms with Crippen molar-refractivity contribution in [3.63, 3.8) is 0 Å². The van der Waals surface area contributed by atoms with Crippen LogP contribution in [0.25, 0.3) is 0 Å². The second-order valence-electron chi connectivity index (χ2n) is 4.75. The summed E-state index contributed by atoms with van der Waals surface area (Å²) in [5, 5.41) is 15.6. The number of hydrogen-bond acceptors (Lipinski definition) is 6. The molecule has 2 rings (SSSR count). The summed E-state index contributed by atoms with van der Waals surface area (Å²) in [4.78, 5) is 12.9. The van der Waals surface area contributed by atoms with E-state index in [-0.39, 0.29) is 16.7 Å². The molecular weight excluding hydrogens is 264 g/mol. The predicted molar refractivity (Wildman–Crippen MR) is 73.1 cm³/mol. The molecule has 1 aliphatic heterocycles. The predicted octanol–water partition coefficient (Wildman–Crippen LogP) is 0.742. The molecule has 0 aromatic carbocycles. The van der Waals surface area contributed by atoms with E-state index in [2.05, 4.69) is 5.10 Å². The van der Waals surface area contributed by atoms with Gasteiger partial charge in [-0.05, 0) is 6.42 Å². The molecule has 0 saturated carbocycles.